The van der Waals surface area contributed by atoms with E-state index in [1.54, 1.807) is 0 Å². The minimum Gasteiger partial charge on any atom is -0.489 e. The largest absolute Gasteiger partial charge is 1.00 e. The summed E-state index contributed by atoms with van der Waals surface area (Å²) in [5.41, 5.74) is 0. The Hall–Kier alpha value is 2.42. The number of ether oxygens (including phenoxy) is 2. The van der Waals surface area contributed by atoms with Gasteiger partial charge < -0.3 is 21.3 Å². The van der Waals surface area contributed by atoms with E-state index in [9.17, 15) is 9.59 Å². The van der Waals surface area contributed by atoms with Gasteiger partial charge in [0, 0.05) is 5.92 Å². The molecule has 0 amide bonds. The van der Waals surface area contributed by atoms with Crippen LogP contribution in [0.25, 0.3) is 0 Å². The van der Waals surface area contributed by atoms with Gasteiger partial charge in [-0.2, -0.15) is 11.8 Å². The van der Waals surface area contributed by atoms with Gasteiger partial charge in [0.15, 0.2) is 0 Å². The predicted octanol–water partition coefficient (Wildman–Crippen LogP) is -2.15. The van der Waals surface area contributed by atoms with Crippen molar-refractivity contribution in [1.82, 2.24) is 0 Å². The Labute approximate surface area is 278 Å². The molecule has 6 fully saturated rings. The SMILES string of the molecule is C[C-]1[C-](C(=O)OC[C@@H]2C(=O)O[C@@H]3CCC[C@H]23)C2CC1C1C3CC(C(C)C3C)C21.[Rb+].[Rb+]. The van der Waals surface area contributed by atoms with Crippen molar-refractivity contribution >= 4 is 11.9 Å². The summed E-state index contributed by atoms with van der Waals surface area (Å²) in [6.45, 7) is 7.26. The second-order valence-corrected chi connectivity index (χ2v) is 10.8. The Kier molecular flexibility index (Phi) is 8.05. The van der Waals surface area contributed by atoms with Gasteiger partial charge in [-0.05, 0) is 49.4 Å². The average Bonchev–Trinajstić information content (AvgIpc) is 3.44. The first-order valence-corrected chi connectivity index (χ1v) is 11.6. The van der Waals surface area contributed by atoms with Gasteiger partial charge in [-0.15, -0.1) is 6.42 Å². The van der Waals surface area contributed by atoms with E-state index >= 15 is 0 Å². The molecule has 0 radical (unpaired) electrons. The Balaban J connectivity index is 0.00000109. The van der Waals surface area contributed by atoms with Crippen LogP contribution in [0.5, 0.6) is 0 Å². The van der Waals surface area contributed by atoms with Gasteiger partial charge in [0.05, 0.1) is 5.92 Å². The smallest absolute Gasteiger partial charge is 0.489 e. The van der Waals surface area contributed by atoms with E-state index in [1.165, 1.54) is 12.3 Å². The molecule has 0 aromatic carbocycles. The van der Waals surface area contributed by atoms with Crippen LogP contribution >= 0.6 is 0 Å². The molecule has 5 aliphatic carbocycles. The molecule has 8 unspecified atom stereocenters. The summed E-state index contributed by atoms with van der Waals surface area (Å²) in [7, 11) is 0. The molecule has 30 heavy (non-hydrogen) atoms. The second kappa shape index (κ2) is 9.47. The van der Waals surface area contributed by atoms with E-state index in [0.29, 0.717) is 17.8 Å². The molecule has 4 bridgehead atoms. The molecule has 154 valence electrons. The third-order valence-electron chi connectivity index (χ3n) is 10.2. The van der Waals surface area contributed by atoms with E-state index < -0.39 is 0 Å². The summed E-state index contributed by atoms with van der Waals surface area (Å²) in [6, 6.07) is 0. The van der Waals surface area contributed by atoms with Crippen LogP contribution in [0, 0.1) is 71.0 Å². The number of hydrogen-bond donors (Lipinski definition) is 0. The van der Waals surface area contributed by atoms with Gasteiger partial charge in [-0.1, -0.05) is 25.7 Å². The van der Waals surface area contributed by atoms with Crippen molar-refractivity contribution in [3.8, 4) is 0 Å². The molecular formula is C24H32O4Rb2. The Morgan fingerprint density at radius 2 is 1.70 bits per heavy atom. The fourth-order valence-corrected chi connectivity index (χ4v) is 8.82. The maximum absolute atomic E-state index is 13.1. The van der Waals surface area contributed by atoms with Crippen molar-refractivity contribution in [2.45, 2.75) is 59.0 Å². The minimum atomic E-state index is -0.243. The van der Waals surface area contributed by atoms with E-state index in [0.717, 1.165) is 61.2 Å². The van der Waals surface area contributed by atoms with Crippen LogP contribution in [0.15, 0.2) is 0 Å². The standard InChI is InChI=1S/C24H32O4.2Rb/c1-10-11(2)15-7-14(10)21-16-8-17(22(15)21)20(12(16)3)24(26)27-9-18-13-5-4-6-19(13)28-23(18)25;;/h10-11,13-19,21-22H,4-9H2,1-3H3;;/q-2;2*+1/t10?,11?,13-,14?,15?,16?,17?,18+,19-,21?,22?;;/m1../s1. The summed E-state index contributed by atoms with van der Waals surface area (Å²) in [4.78, 5) is 25.3. The van der Waals surface area contributed by atoms with E-state index in [4.69, 9.17) is 9.47 Å². The Bertz CT molecular complexity index is 713. The van der Waals surface area contributed by atoms with Crippen LogP contribution in [0.2, 0.25) is 0 Å². The number of carbonyl (C=O) groups is 2. The van der Waals surface area contributed by atoms with Gasteiger partial charge in [0.2, 0.25) is 0 Å². The molecule has 0 N–H and O–H groups in total. The van der Waals surface area contributed by atoms with Crippen molar-refractivity contribution < 1.29 is 135 Å². The number of rotatable bonds is 3. The molecule has 5 saturated carbocycles. The van der Waals surface area contributed by atoms with Gasteiger partial charge in [0.1, 0.15) is 18.7 Å². The number of hydrogen-bond acceptors (Lipinski definition) is 4. The number of esters is 2. The summed E-state index contributed by atoms with van der Waals surface area (Å²) >= 11 is 0. The average molecular weight is 555 g/mol. The maximum atomic E-state index is 13.1. The fraction of sp³-hybridized carbons (Fsp3) is 0.833. The van der Waals surface area contributed by atoms with Gasteiger partial charge in [-0.25, -0.2) is 6.92 Å². The molecule has 6 heteroatoms. The van der Waals surface area contributed by atoms with Crippen molar-refractivity contribution in [3.05, 3.63) is 11.8 Å². The zero-order valence-corrected chi connectivity index (χ0v) is 29.1. The second-order valence-electron chi connectivity index (χ2n) is 10.8. The summed E-state index contributed by atoms with van der Waals surface area (Å²) in [5.74, 6) is 7.78. The molecule has 0 aromatic rings. The molecule has 0 spiro atoms. The molecule has 1 saturated heterocycles. The first-order valence-electron chi connectivity index (χ1n) is 11.6. The summed E-state index contributed by atoms with van der Waals surface area (Å²) in [6.07, 6.45) is 5.71. The molecule has 6 aliphatic rings. The van der Waals surface area contributed by atoms with Gasteiger partial charge >= 0.3 is 122 Å². The van der Waals surface area contributed by atoms with Gasteiger partial charge in [-0.3, -0.25) is 9.59 Å². The van der Waals surface area contributed by atoms with E-state index in [2.05, 4.69) is 20.8 Å². The monoisotopic (exact) mass is 554 g/mol. The Morgan fingerprint density at radius 3 is 2.40 bits per heavy atom. The number of carbonyl (C=O) groups excluding carboxylic acids is 2. The maximum Gasteiger partial charge on any atom is 1.00 e. The van der Waals surface area contributed by atoms with Crippen molar-refractivity contribution in [2.75, 3.05) is 6.61 Å². The van der Waals surface area contributed by atoms with Crippen LogP contribution in [-0.4, -0.2) is 24.6 Å². The van der Waals surface area contributed by atoms with Crippen molar-refractivity contribution in [2.24, 2.45) is 59.2 Å². The molecule has 11 atom stereocenters. The van der Waals surface area contributed by atoms with Crippen LogP contribution in [-0.2, 0) is 19.1 Å². The summed E-state index contributed by atoms with van der Waals surface area (Å²) in [5, 5.41) is 0. The summed E-state index contributed by atoms with van der Waals surface area (Å²) < 4.78 is 11.3. The van der Waals surface area contributed by atoms with Crippen LogP contribution in [0.3, 0.4) is 0 Å². The van der Waals surface area contributed by atoms with Gasteiger partial charge in [0.25, 0.3) is 0 Å². The van der Waals surface area contributed by atoms with Crippen molar-refractivity contribution in [1.29, 1.82) is 0 Å². The normalized spacial score (nSPS) is 50.0. The Morgan fingerprint density at radius 1 is 1.03 bits per heavy atom. The molecule has 1 heterocycles. The van der Waals surface area contributed by atoms with Crippen molar-refractivity contribution in [3.63, 3.8) is 0 Å². The third kappa shape index (κ3) is 3.61. The molecule has 4 nitrogen and oxygen atoms in total. The zero-order chi connectivity index (χ0) is 19.3. The van der Waals surface area contributed by atoms with Crippen LogP contribution in [0.4, 0.5) is 0 Å². The van der Waals surface area contributed by atoms with E-state index in [-0.39, 0.29) is 153 Å². The number of fused-ring (bicyclic) bond motifs is 10. The molecule has 6 rings (SSSR count). The quantitative estimate of drug-likeness (QED) is 0.227. The molecule has 1 aliphatic heterocycles. The first kappa shape index (κ1) is 25.5. The molecule has 0 aromatic heterocycles. The fourth-order valence-electron chi connectivity index (χ4n) is 8.82. The van der Waals surface area contributed by atoms with Crippen LogP contribution in [0.1, 0.15) is 52.9 Å². The first-order chi connectivity index (χ1) is 13.5. The zero-order valence-electron chi connectivity index (χ0n) is 19.2. The van der Waals surface area contributed by atoms with E-state index in [1.807, 2.05) is 0 Å². The third-order valence-corrected chi connectivity index (χ3v) is 10.2. The predicted molar refractivity (Wildman–Crippen MR) is 102 cm³/mol. The minimum absolute atomic E-state index is 0. The topological polar surface area (TPSA) is 52.6 Å². The van der Waals surface area contributed by atoms with Crippen LogP contribution < -0.4 is 116 Å². The molecular weight excluding hydrogens is 523 g/mol.